The molecule has 7 nitrogen and oxygen atoms in total. The Labute approximate surface area is 109 Å². The van der Waals surface area contributed by atoms with Crippen molar-refractivity contribution >= 4 is 11.8 Å². The fourth-order valence-electron chi connectivity index (χ4n) is 1.12. The number of Topliss-reactive ketones (excluding diaryl/α,β-unsaturated/α-hetero) is 1. The molecule has 7 heteroatoms. The first-order valence-electron chi connectivity index (χ1n) is 5.69. The number of carbonyl (C=O) groups excluding carboxylic acids is 2. The highest BCUT2D eigenvalue weighted by Crippen LogP contribution is 2.14. The van der Waals surface area contributed by atoms with Gasteiger partial charge in [0.25, 0.3) is 5.56 Å². The number of aromatic nitrogens is 2. The van der Waals surface area contributed by atoms with E-state index in [9.17, 15) is 19.2 Å². The molecule has 0 atom stereocenters. The molecule has 0 aliphatic rings. The molecule has 0 bridgehead atoms. The van der Waals surface area contributed by atoms with E-state index in [0.717, 1.165) is 10.6 Å². The first kappa shape index (κ1) is 14.9. The zero-order valence-electron chi connectivity index (χ0n) is 11.1. The van der Waals surface area contributed by atoms with Crippen molar-refractivity contribution in [2.45, 2.75) is 27.3 Å². The predicted octanol–water partition coefficient (Wildman–Crippen LogP) is -0.305. The molecule has 1 aromatic heterocycles. The van der Waals surface area contributed by atoms with Crippen molar-refractivity contribution in [3.8, 4) is 0 Å². The molecule has 0 saturated carbocycles. The van der Waals surface area contributed by atoms with Crippen LogP contribution in [-0.2, 0) is 20.9 Å². The van der Waals surface area contributed by atoms with Crippen molar-refractivity contribution in [1.82, 2.24) is 9.55 Å². The summed E-state index contributed by atoms with van der Waals surface area (Å²) in [5.74, 6) is -0.929. The van der Waals surface area contributed by atoms with Gasteiger partial charge in [-0.15, -0.1) is 0 Å². The maximum absolute atomic E-state index is 11.5. The van der Waals surface area contributed by atoms with Crippen LogP contribution < -0.4 is 11.2 Å². The molecular formula is C12H16N2O5. The molecule has 1 N–H and O–H groups in total. The number of esters is 1. The second-order valence-electron chi connectivity index (χ2n) is 5.07. The van der Waals surface area contributed by atoms with Gasteiger partial charge in [0.2, 0.25) is 0 Å². The summed E-state index contributed by atoms with van der Waals surface area (Å²) in [6.07, 6.45) is 1.19. The molecule has 0 unspecified atom stereocenters. The zero-order valence-corrected chi connectivity index (χ0v) is 11.1. The standard InChI is InChI=1S/C12H16N2O5/c1-12(2,3)8(15)7-19-10(17)6-14-5-4-9(16)13-11(14)18/h4-5H,6-7H2,1-3H3,(H,13,16,18). The smallest absolute Gasteiger partial charge is 0.328 e. The summed E-state index contributed by atoms with van der Waals surface area (Å²) in [5.41, 5.74) is -1.83. The maximum atomic E-state index is 11.5. The van der Waals surface area contributed by atoms with Crippen LogP contribution in [0.1, 0.15) is 20.8 Å². The van der Waals surface area contributed by atoms with Gasteiger partial charge in [-0.2, -0.15) is 0 Å². The first-order chi connectivity index (χ1) is 8.70. The highest BCUT2D eigenvalue weighted by molar-refractivity contribution is 5.86. The molecule has 1 rings (SSSR count). The molecule has 0 fully saturated rings. The average Bonchev–Trinajstić information content (AvgIpc) is 2.28. The van der Waals surface area contributed by atoms with Crippen LogP contribution in [0.2, 0.25) is 0 Å². The Kier molecular flexibility index (Phi) is 4.42. The van der Waals surface area contributed by atoms with Gasteiger partial charge in [-0.25, -0.2) is 4.79 Å². The van der Waals surface area contributed by atoms with Crippen LogP contribution in [0.3, 0.4) is 0 Å². The molecule has 0 aliphatic heterocycles. The zero-order chi connectivity index (χ0) is 14.6. The molecule has 19 heavy (non-hydrogen) atoms. The number of ketones is 1. The van der Waals surface area contributed by atoms with Crippen molar-refractivity contribution < 1.29 is 14.3 Å². The van der Waals surface area contributed by atoms with E-state index in [1.54, 1.807) is 20.8 Å². The lowest BCUT2D eigenvalue weighted by atomic mass is 9.91. The van der Waals surface area contributed by atoms with E-state index in [1.807, 2.05) is 4.98 Å². The highest BCUT2D eigenvalue weighted by atomic mass is 16.5. The summed E-state index contributed by atoms with van der Waals surface area (Å²) >= 11 is 0. The van der Waals surface area contributed by atoms with Crippen molar-refractivity contribution in [2.75, 3.05) is 6.61 Å². The molecule has 0 spiro atoms. The third-order valence-electron chi connectivity index (χ3n) is 2.40. The van der Waals surface area contributed by atoms with E-state index in [1.165, 1.54) is 6.20 Å². The maximum Gasteiger partial charge on any atom is 0.328 e. The molecular weight excluding hydrogens is 252 g/mol. The van der Waals surface area contributed by atoms with Gasteiger partial charge in [0.15, 0.2) is 12.4 Å². The Morgan fingerprint density at radius 3 is 2.47 bits per heavy atom. The van der Waals surface area contributed by atoms with Crippen LogP contribution in [0.4, 0.5) is 0 Å². The minimum atomic E-state index is -0.716. The van der Waals surface area contributed by atoms with Gasteiger partial charge in [-0.05, 0) is 0 Å². The molecule has 0 radical (unpaired) electrons. The predicted molar refractivity (Wildman–Crippen MR) is 66.7 cm³/mol. The van der Waals surface area contributed by atoms with Crippen molar-refractivity contribution in [2.24, 2.45) is 5.41 Å². The fraction of sp³-hybridized carbons (Fsp3) is 0.500. The Hall–Kier alpha value is -2.18. The normalized spacial score (nSPS) is 11.1. The van der Waals surface area contributed by atoms with Gasteiger partial charge in [0.1, 0.15) is 6.54 Å². The van der Waals surface area contributed by atoms with E-state index in [2.05, 4.69) is 0 Å². The number of aromatic amines is 1. The number of nitrogens with zero attached hydrogens (tertiary/aromatic N) is 1. The monoisotopic (exact) mass is 268 g/mol. The lowest BCUT2D eigenvalue weighted by molar-refractivity contribution is -0.150. The van der Waals surface area contributed by atoms with Crippen molar-refractivity contribution in [1.29, 1.82) is 0 Å². The van der Waals surface area contributed by atoms with Gasteiger partial charge in [0.05, 0.1) is 0 Å². The third kappa shape index (κ3) is 4.53. The third-order valence-corrected chi connectivity index (χ3v) is 2.40. The van der Waals surface area contributed by atoms with Crippen LogP contribution in [-0.4, -0.2) is 27.9 Å². The number of hydrogen-bond donors (Lipinski definition) is 1. The highest BCUT2D eigenvalue weighted by Gasteiger charge is 2.22. The van der Waals surface area contributed by atoms with E-state index in [0.29, 0.717) is 0 Å². The average molecular weight is 268 g/mol. The molecule has 1 aromatic rings. The lowest BCUT2D eigenvalue weighted by Gasteiger charge is -2.16. The Balaban J connectivity index is 2.59. The van der Waals surface area contributed by atoms with E-state index >= 15 is 0 Å². The van der Waals surface area contributed by atoms with Gasteiger partial charge >= 0.3 is 11.7 Å². The second kappa shape index (κ2) is 5.64. The van der Waals surface area contributed by atoms with Crippen LogP contribution in [0, 0.1) is 5.41 Å². The number of carbonyl (C=O) groups is 2. The van der Waals surface area contributed by atoms with Crippen molar-refractivity contribution in [3.63, 3.8) is 0 Å². The van der Waals surface area contributed by atoms with E-state index < -0.39 is 22.6 Å². The first-order valence-corrected chi connectivity index (χ1v) is 5.69. The number of hydrogen-bond acceptors (Lipinski definition) is 5. The minimum Gasteiger partial charge on any atom is -0.456 e. The van der Waals surface area contributed by atoms with Crippen molar-refractivity contribution in [3.05, 3.63) is 33.1 Å². The summed E-state index contributed by atoms with van der Waals surface area (Å²) in [7, 11) is 0. The van der Waals surface area contributed by atoms with Gasteiger partial charge in [-0.3, -0.25) is 23.9 Å². The largest absolute Gasteiger partial charge is 0.456 e. The molecule has 104 valence electrons. The summed E-state index contributed by atoms with van der Waals surface area (Å²) in [4.78, 5) is 47.1. The lowest BCUT2D eigenvalue weighted by Crippen LogP contribution is -2.32. The van der Waals surface area contributed by atoms with E-state index in [4.69, 9.17) is 4.74 Å². The fourth-order valence-corrected chi connectivity index (χ4v) is 1.12. The minimum absolute atomic E-state index is 0.213. The topological polar surface area (TPSA) is 98.2 Å². The molecule has 0 aromatic carbocycles. The number of nitrogens with one attached hydrogen (secondary N) is 1. The number of H-pyrrole nitrogens is 1. The number of rotatable bonds is 4. The Bertz CT molecular complexity index is 591. The SMILES string of the molecule is CC(C)(C)C(=O)COC(=O)Cn1ccc(=O)[nH]c1=O. The molecule has 0 amide bonds. The molecule has 1 heterocycles. The summed E-state index contributed by atoms with van der Waals surface area (Å²) in [6.45, 7) is 4.47. The van der Waals surface area contributed by atoms with E-state index in [-0.39, 0.29) is 18.9 Å². The van der Waals surface area contributed by atoms with Crippen LogP contribution in [0.5, 0.6) is 0 Å². The second-order valence-corrected chi connectivity index (χ2v) is 5.07. The van der Waals surface area contributed by atoms with Crippen LogP contribution in [0.15, 0.2) is 21.9 Å². The Morgan fingerprint density at radius 1 is 1.32 bits per heavy atom. The van der Waals surface area contributed by atoms with Crippen LogP contribution in [0.25, 0.3) is 0 Å². The quantitative estimate of drug-likeness (QED) is 0.756. The number of ether oxygens (including phenoxy) is 1. The summed E-state index contributed by atoms with van der Waals surface area (Å²) in [6, 6.07) is 1.12. The summed E-state index contributed by atoms with van der Waals surface area (Å²) in [5, 5.41) is 0. The molecule has 0 aliphatic carbocycles. The van der Waals surface area contributed by atoms with Gasteiger partial charge in [0, 0.05) is 17.7 Å². The summed E-state index contributed by atoms with van der Waals surface area (Å²) < 4.78 is 5.77. The Morgan fingerprint density at radius 2 is 1.95 bits per heavy atom. The van der Waals surface area contributed by atoms with Gasteiger partial charge in [-0.1, -0.05) is 20.8 Å². The van der Waals surface area contributed by atoms with Crippen LogP contribution >= 0.6 is 0 Å². The van der Waals surface area contributed by atoms with Gasteiger partial charge < -0.3 is 4.74 Å². The molecule has 0 saturated heterocycles.